The Labute approximate surface area is 401 Å². The predicted octanol–water partition coefficient (Wildman–Crippen LogP) is 15.6. The summed E-state index contributed by atoms with van der Waals surface area (Å²) in [5.74, 6) is 1.65. The molecule has 0 radical (unpaired) electrons. The Bertz CT molecular complexity index is 4140. The van der Waals surface area contributed by atoms with Crippen LogP contribution < -0.4 is 0 Å². The van der Waals surface area contributed by atoms with Gasteiger partial charge in [0.05, 0.1) is 55.5 Å². The van der Waals surface area contributed by atoms with E-state index < -0.39 is 0 Å². The molecule has 0 aliphatic rings. The third kappa shape index (κ3) is 5.54. The Morgan fingerprint density at radius 1 is 0.229 bits per heavy atom. The summed E-state index contributed by atoms with van der Waals surface area (Å²) in [5.41, 5.74) is 13.8. The first-order valence-electron chi connectivity index (χ1n) is 23.7. The molecule has 15 aromatic rings. The molecule has 0 saturated heterocycles. The highest BCUT2D eigenvalue weighted by atomic mass is 15.3. The lowest BCUT2D eigenvalue weighted by Crippen LogP contribution is -2.10. The standard InChI is InChI=1S/C63H39N7/c1-9-29-50-42(21-1)43-22-2-10-30-51(43)67(50)58-37-18-38-59(68-52-31-11-3-23-44(52)45-24-4-12-32-53(45)68)60(58)40-19-17-20-41(39-40)61-64-62(69-54-33-13-5-25-46(54)47-26-6-14-34-55(47)69)66-63(65-61)70-56-35-15-7-27-48(56)49-28-8-16-36-57(49)70/h1-39H. The summed E-state index contributed by atoms with van der Waals surface area (Å²) in [6.07, 6.45) is 0. The molecule has 7 nitrogen and oxygen atoms in total. The van der Waals surface area contributed by atoms with Crippen molar-refractivity contribution in [2.45, 2.75) is 0 Å². The molecule has 0 unspecified atom stereocenters. The van der Waals surface area contributed by atoms with Crippen molar-refractivity contribution in [3.8, 4) is 45.8 Å². The maximum absolute atomic E-state index is 5.48. The van der Waals surface area contributed by atoms with Gasteiger partial charge in [-0.2, -0.15) is 15.0 Å². The van der Waals surface area contributed by atoms with Crippen molar-refractivity contribution in [3.63, 3.8) is 0 Å². The molecule has 0 amide bonds. The van der Waals surface area contributed by atoms with Crippen LogP contribution in [0.1, 0.15) is 0 Å². The molecule has 7 heteroatoms. The average Bonchev–Trinajstić information content (AvgIpc) is 4.16. The number of rotatable bonds is 6. The van der Waals surface area contributed by atoms with Crippen LogP contribution in [0, 0.1) is 0 Å². The van der Waals surface area contributed by atoms with Crippen molar-refractivity contribution in [2.75, 3.05) is 0 Å². The normalized spacial score (nSPS) is 12.0. The molecule has 5 heterocycles. The summed E-state index contributed by atoms with van der Waals surface area (Å²) < 4.78 is 9.26. The Balaban J connectivity index is 1.04. The molecule has 5 aromatic heterocycles. The van der Waals surface area contributed by atoms with Crippen molar-refractivity contribution in [2.24, 2.45) is 0 Å². The summed E-state index contributed by atoms with van der Waals surface area (Å²) >= 11 is 0. The second-order valence-electron chi connectivity index (χ2n) is 18.0. The minimum absolute atomic E-state index is 0.543. The molecule has 0 bridgehead atoms. The number of hydrogen-bond acceptors (Lipinski definition) is 3. The van der Waals surface area contributed by atoms with Crippen molar-refractivity contribution in [1.29, 1.82) is 0 Å². The first-order valence-corrected chi connectivity index (χ1v) is 23.7. The molecule has 10 aromatic carbocycles. The van der Waals surface area contributed by atoms with Crippen LogP contribution in [0.2, 0.25) is 0 Å². The Hall–Kier alpha value is -9.59. The molecule has 0 spiro atoms. The van der Waals surface area contributed by atoms with Gasteiger partial charge >= 0.3 is 0 Å². The van der Waals surface area contributed by atoms with Crippen LogP contribution in [0.4, 0.5) is 0 Å². The average molecular weight is 894 g/mol. The lowest BCUT2D eigenvalue weighted by Gasteiger charge is -2.20. The summed E-state index contributed by atoms with van der Waals surface area (Å²) in [6.45, 7) is 0. The fourth-order valence-electron chi connectivity index (χ4n) is 11.3. The molecule has 0 aliphatic carbocycles. The monoisotopic (exact) mass is 893 g/mol. The van der Waals surface area contributed by atoms with Crippen LogP contribution in [0.3, 0.4) is 0 Å². The number of nitrogens with zero attached hydrogens (tertiary/aromatic N) is 7. The third-order valence-corrected chi connectivity index (χ3v) is 14.2. The van der Waals surface area contributed by atoms with E-state index in [0.29, 0.717) is 17.7 Å². The van der Waals surface area contributed by atoms with E-state index in [1.54, 1.807) is 0 Å². The van der Waals surface area contributed by atoms with Crippen LogP contribution in [-0.4, -0.2) is 33.2 Å². The molecule has 0 aliphatic heterocycles. The highest BCUT2D eigenvalue weighted by Gasteiger charge is 2.24. The molecule has 0 atom stereocenters. The van der Waals surface area contributed by atoms with Gasteiger partial charge in [0.25, 0.3) is 0 Å². The van der Waals surface area contributed by atoms with Crippen LogP contribution in [0.25, 0.3) is 133 Å². The van der Waals surface area contributed by atoms with Gasteiger partial charge < -0.3 is 9.13 Å². The molecule has 326 valence electrons. The Morgan fingerprint density at radius 2 is 0.500 bits per heavy atom. The largest absolute Gasteiger partial charge is 0.309 e. The lowest BCUT2D eigenvalue weighted by atomic mass is 9.98. The summed E-state index contributed by atoms with van der Waals surface area (Å²) in [5, 5.41) is 9.39. The minimum atomic E-state index is 0.543. The van der Waals surface area contributed by atoms with Crippen LogP contribution in [0.5, 0.6) is 0 Å². The number of benzene rings is 10. The van der Waals surface area contributed by atoms with E-state index in [4.69, 9.17) is 15.0 Å². The number of aromatic nitrogens is 7. The quantitative estimate of drug-likeness (QED) is 0.167. The molecule has 70 heavy (non-hydrogen) atoms. The van der Waals surface area contributed by atoms with E-state index in [0.717, 1.165) is 93.7 Å². The maximum atomic E-state index is 5.48. The van der Waals surface area contributed by atoms with Gasteiger partial charge in [-0.3, -0.25) is 9.13 Å². The Kier molecular flexibility index (Phi) is 8.23. The molecular weight excluding hydrogens is 855 g/mol. The molecule has 0 saturated carbocycles. The third-order valence-electron chi connectivity index (χ3n) is 14.2. The second kappa shape index (κ2) is 15.0. The lowest BCUT2D eigenvalue weighted by molar-refractivity contribution is 0.893. The van der Waals surface area contributed by atoms with Crippen molar-refractivity contribution >= 4 is 87.2 Å². The van der Waals surface area contributed by atoms with E-state index in [1.807, 2.05) is 0 Å². The molecular formula is C63H39N7. The van der Waals surface area contributed by atoms with Crippen molar-refractivity contribution < 1.29 is 0 Å². The molecule has 0 N–H and O–H groups in total. The number of fused-ring (bicyclic) bond motifs is 12. The van der Waals surface area contributed by atoms with E-state index >= 15 is 0 Å². The van der Waals surface area contributed by atoms with E-state index in [9.17, 15) is 0 Å². The second-order valence-corrected chi connectivity index (χ2v) is 18.0. The van der Waals surface area contributed by atoms with Crippen molar-refractivity contribution in [3.05, 3.63) is 237 Å². The van der Waals surface area contributed by atoms with Crippen LogP contribution in [-0.2, 0) is 0 Å². The van der Waals surface area contributed by atoms with Gasteiger partial charge in [0, 0.05) is 54.2 Å². The first-order chi connectivity index (χ1) is 34.8. The van der Waals surface area contributed by atoms with Crippen molar-refractivity contribution in [1.82, 2.24) is 33.2 Å². The highest BCUT2D eigenvalue weighted by Crippen LogP contribution is 2.43. The fourth-order valence-corrected chi connectivity index (χ4v) is 11.3. The van der Waals surface area contributed by atoms with E-state index in [-0.39, 0.29) is 0 Å². The van der Waals surface area contributed by atoms with Crippen LogP contribution in [0.15, 0.2) is 237 Å². The summed E-state index contributed by atoms with van der Waals surface area (Å²) in [6, 6.07) is 84.5. The van der Waals surface area contributed by atoms with Gasteiger partial charge in [0.2, 0.25) is 11.9 Å². The SMILES string of the molecule is c1cc(-c2nc(-n3c4ccccc4c4ccccc43)nc(-n3c4ccccc4c4ccccc43)n2)cc(-c2c(-n3c4ccccc4c4ccccc43)cccc2-n2c3ccccc3c3ccccc32)c1. The number of para-hydroxylation sites is 8. The van der Waals surface area contributed by atoms with E-state index in [2.05, 4.69) is 255 Å². The zero-order valence-corrected chi connectivity index (χ0v) is 37.6. The van der Waals surface area contributed by atoms with Gasteiger partial charge in [-0.1, -0.05) is 170 Å². The summed E-state index contributed by atoms with van der Waals surface area (Å²) in [4.78, 5) is 16.4. The summed E-state index contributed by atoms with van der Waals surface area (Å²) in [7, 11) is 0. The fraction of sp³-hybridized carbons (Fsp3) is 0. The minimum Gasteiger partial charge on any atom is -0.309 e. The Morgan fingerprint density at radius 3 is 0.829 bits per heavy atom. The highest BCUT2D eigenvalue weighted by molar-refractivity contribution is 6.13. The van der Waals surface area contributed by atoms with E-state index in [1.165, 1.54) is 21.5 Å². The number of hydrogen-bond donors (Lipinski definition) is 0. The predicted molar refractivity (Wildman–Crippen MR) is 288 cm³/mol. The zero-order chi connectivity index (χ0) is 45.9. The van der Waals surface area contributed by atoms with Gasteiger partial charge in [-0.05, 0) is 72.3 Å². The van der Waals surface area contributed by atoms with Crippen LogP contribution >= 0.6 is 0 Å². The van der Waals surface area contributed by atoms with Gasteiger partial charge in [-0.25, -0.2) is 0 Å². The van der Waals surface area contributed by atoms with Gasteiger partial charge in [0.15, 0.2) is 5.82 Å². The zero-order valence-electron chi connectivity index (χ0n) is 37.6. The topological polar surface area (TPSA) is 58.4 Å². The smallest absolute Gasteiger partial charge is 0.240 e. The van der Waals surface area contributed by atoms with Gasteiger partial charge in [-0.15, -0.1) is 0 Å². The molecule has 0 fully saturated rings. The first kappa shape index (κ1) is 38.5. The maximum Gasteiger partial charge on any atom is 0.240 e. The van der Waals surface area contributed by atoms with Gasteiger partial charge in [0.1, 0.15) is 0 Å². The molecule has 15 rings (SSSR count).